The van der Waals surface area contributed by atoms with Crippen LogP contribution in [0.1, 0.15) is 53.0 Å². The molecule has 0 aliphatic heterocycles. The van der Waals surface area contributed by atoms with Gasteiger partial charge in [-0.25, -0.2) is 4.98 Å². The van der Waals surface area contributed by atoms with Crippen molar-refractivity contribution >= 4 is 17.0 Å². The molecule has 148 valence electrons. The van der Waals surface area contributed by atoms with E-state index >= 15 is 0 Å². The van der Waals surface area contributed by atoms with Crippen LogP contribution in [0.5, 0.6) is 0 Å². The number of oxazole rings is 1. The van der Waals surface area contributed by atoms with Crippen molar-refractivity contribution in [3.63, 3.8) is 0 Å². The normalized spacial score (nSPS) is 11.3. The molecule has 2 aromatic carbocycles. The van der Waals surface area contributed by atoms with E-state index in [1.165, 1.54) is 5.56 Å². The van der Waals surface area contributed by atoms with E-state index < -0.39 is 0 Å². The van der Waals surface area contributed by atoms with E-state index in [0.29, 0.717) is 34.7 Å². The van der Waals surface area contributed by atoms with Gasteiger partial charge < -0.3 is 14.3 Å². The monoisotopic (exact) mass is 389 g/mol. The average Bonchev–Trinajstić information content (AvgIpc) is 3.37. The Morgan fingerprint density at radius 1 is 1.07 bits per heavy atom. The number of amides is 1. The summed E-state index contributed by atoms with van der Waals surface area (Å²) in [6, 6.07) is 17.4. The molecule has 0 radical (unpaired) electrons. The summed E-state index contributed by atoms with van der Waals surface area (Å²) >= 11 is 0. The number of aryl methyl sites for hydroxylation is 2. The van der Waals surface area contributed by atoms with Gasteiger partial charge in [0.2, 0.25) is 0 Å². The first-order chi connectivity index (χ1) is 14.1. The highest BCUT2D eigenvalue weighted by molar-refractivity contribution is 5.97. The van der Waals surface area contributed by atoms with E-state index in [0.717, 1.165) is 12.1 Å². The van der Waals surface area contributed by atoms with Gasteiger partial charge in [-0.1, -0.05) is 49.3 Å². The molecule has 0 unspecified atom stereocenters. The minimum absolute atomic E-state index is 0.191. The van der Waals surface area contributed by atoms with Gasteiger partial charge in [-0.05, 0) is 36.1 Å². The lowest BCUT2D eigenvalue weighted by molar-refractivity contribution is 0.0947. The predicted molar refractivity (Wildman–Crippen MR) is 110 cm³/mol. The quantitative estimate of drug-likeness (QED) is 0.497. The van der Waals surface area contributed by atoms with Crippen LogP contribution in [0.4, 0.5) is 0 Å². The molecule has 0 aliphatic rings. The van der Waals surface area contributed by atoms with Gasteiger partial charge in [-0.2, -0.15) is 0 Å². The zero-order valence-electron chi connectivity index (χ0n) is 16.5. The van der Waals surface area contributed by atoms with Crippen LogP contribution in [0.3, 0.4) is 0 Å². The van der Waals surface area contributed by atoms with Gasteiger partial charge in [-0.3, -0.25) is 4.79 Å². The molecule has 4 rings (SSSR count). The van der Waals surface area contributed by atoms with Crippen molar-refractivity contribution in [2.75, 3.05) is 0 Å². The molecular formula is C23H23N3O3. The van der Waals surface area contributed by atoms with Crippen molar-refractivity contribution in [2.45, 2.75) is 39.2 Å². The van der Waals surface area contributed by atoms with Crippen molar-refractivity contribution in [2.24, 2.45) is 0 Å². The van der Waals surface area contributed by atoms with E-state index in [4.69, 9.17) is 8.94 Å². The second-order valence-electron chi connectivity index (χ2n) is 7.33. The minimum atomic E-state index is -0.191. The highest BCUT2D eigenvalue weighted by Crippen LogP contribution is 2.19. The summed E-state index contributed by atoms with van der Waals surface area (Å²) < 4.78 is 11.1. The van der Waals surface area contributed by atoms with E-state index in [9.17, 15) is 4.79 Å². The minimum Gasteiger partial charge on any atom is -0.441 e. The van der Waals surface area contributed by atoms with Gasteiger partial charge in [0.15, 0.2) is 17.2 Å². The largest absolute Gasteiger partial charge is 0.441 e. The molecule has 6 heteroatoms. The fourth-order valence-electron chi connectivity index (χ4n) is 3.07. The number of nitrogens with zero attached hydrogens (tertiary/aromatic N) is 2. The third-order valence-electron chi connectivity index (χ3n) is 4.76. The first-order valence-electron chi connectivity index (χ1n) is 9.75. The maximum absolute atomic E-state index is 12.5. The summed E-state index contributed by atoms with van der Waals surface area (Å²) in [5, 5.41) is 6.86. The molecule has 4 aromatic rings. The molecular weight excluding hydrogens is 366 g/mol. The van der Waals surface area contributed by atoms with Crippen LogP contribution in [0, 0.1) is 0 Å². The SMILES string of the molecule is CC(C)c1cc(CNC(=O)c2ccc3oc(CCc4ccccc4)nc3c2)on1. The molecule has 0 atom stereocenters. The van der Waals surface area contributed by atoms with E-state index in [-0.39, 0.29) is 18.4 Å². The van der Waals surface area contributed by atoms with E-state index in [1.807, 2.05) is 38.1 Å². The number of nitrogens with one attached hydrogen (secondary N) is 1. The van der Waals surface area contributed by atoms with Crippen molar-refractivity contribution in [1.29, 1.82) is 0 Å². The Bertz CT molecular complexity index is 1110. The first kappa shape index (κ1) is 18.9. The Morgan fingerprint density at radius 3 is 2.66 bits per heavy atom. The molecule has 29 heavy (non-hydrogen) atoms. The highest BCUT2D eigenvalue weighted by Gasteiger charge is 2.13. The number of rotatable bonds is 7. The molecule has 0 saturated carbocycles. The van der Waals surface area contributed by atoms with E-state index in [1.54, 1.807) is 18.2 Å². The number of benzene rings is 2. The maximum atomic E-state index is 12.5. The molecule has 1 N–H and O–H groups in total. The molecule has 1 amide bonds. The summed E-state index contributed by atoms with van der Waals surface area (Å²) in [7, 11) is 0. The van der Waals surface area contributed by atoms with Crippen LogP contribution >= 0.6 is 0 Å². The van der Waals surface area contributed by atoms with Crippen LogP contribution in [-0.4, -0.2) is 16.0 Å². The fraction of sp³-hybridized carbons (Fsp3) is 0.261. The fourth-order valence-corrected chi connectivity index (χ4v) is 3.07. The Labute approximate surface area is 168 Å². The lowest BCUT2D eigenvalue weighted by Gasteiger charge is -2.02. The summed E-state index contributed by atoms with van der Waals surface area (Å²) in [6.45, 7) is 4.38. The van der Waals surface area contributed by atoms with Crippen LogP contribution in [-0.2, 0) is 19.4 Å². The Balaban J connectivity index is 1.40. The van der Waals surface area contributed by atoms with Gasteiger partial charge in [0.05, 0.1) is 12.2 Å². The topological polar surface area (TPSA) is 81.2 Å². The number of hydrogen-bond donors (Lipinski definition) is 1. The number of aromatic nitrogens is 2. The maximum Gasteiger partial charge on any atom is 0.251 e. The van der Waals surface area contributed by atoms with Crippen molar-refractivity contribution in [3.05, 3.63) is 83.1 Å². The van der Waals surface area contributed by atoms with E-state index in [2.05, 4.69) is 27.6 Å². The molecule has 0 spiro atoms. The van der Waals surface area contributed by atoms with Crippen LogP contribution < -0.4 is 5.32 Å². The summed E-state index contributed by atoms with van der Waals surface area (Å²) in [4.78, 5) is 17.0. The predicted octanol–water partition coefficient (Wildman–Crippen LogP) is 4.65. The third kappa shape index (κ3) is 4.54. The number of hydrogen-bond acceptors (Lipinski definition) is 5. The van der Waals surface area contributed by atoms with Crippen LogP contribution in [0.25, 0.3) is 11.1 Å². The zero-order valence-corrected chi connectivity index (χ0v) is 16.5. The van der Waals surface area contributed by atoms with Gasteiger partial charge in [-0.15, -0.1) is 0 Å². The average molecular weight is 389 g/mol. The lowest BCUT2D eigenvalue weighted by atomic mass is 10.1. The van der Waals surface area contributed by atoms with Crippen LogP contribution in [0.2, 0.25) is 0 Å². The highest BCUT2D eigenvalue weighted by atomic mass is 16.5. The molecule has 0 saturated heterocycles. The first-order valence-corrected chi connectivity index (χ1v) is 9.75. The summed E-state index contributed by atoms with van der Waals surface area (Å²) in [6.07, 6.45) is 1.57. The Hall–Kier alpha value is -3.41. The smallest absolute Gasteiger partial charge is 0.251 e. The van der Waals surface area contributed by atoms with Gasteiger partial charge in [0.25, 0.3) is 5.91 Å². The van der Waals surface area contributed by atoms with Crippen molar-refractivity contribution < 1.29 is 13.7 Å². The van der Waals surface area contributed by atoms with Crippen molar-refractivity contribution in [3.8, 4) is 0 Å². The second-order valence-corrected chi connectivity index (χ2v) is 7.33. The molecule has 0 bridgehead atoms. The zero-order chi connectivity index (χ0) is 20.2. The molecule has 2 aromatic heterocycles. The molecule has 0 fully saturated rings. The van der Waals surface area contributed by atoms with Crippen molar-refractivity contribution in [1.82, 2.24) is 15.5 Å². The molecule has 6 nitrogen and oxygen atoms in total. The molecule has 0 aliphatic carbocycles. The Kier molecular flexibility index (Phi) is 5.42. The van der Waals surface area contributed by atoms with Gasteiger partial charge in [0, 0.05) is 18.1 Å². The Morgan fingerprint density at radius 2 is 1.90 bits per heavy atom. The van der Waals surface area contributed by atoms with Gasteiger partial charge in [0.1, 0.15) is 5.52 Å². The van der Waals surface area contributed by atoms with Crippen LogP contribution in [0.15, 0.2) is 63.5 Å². The summed E-state index contributed by atoms with van der Waals surface area (Å²) in [5.74, 6) is 1.40. The number of carbonyl (C=O) groups excluding carboxylic acids is 1. The summed E-state index contributed by atoms with van der Waals surface area (Å²) in [5.41, 5.74) is 4.01. The molecule has 2 heterocycles. The third-order valence-corrected chi connectivity index (χ3v) is 4.76. The van der Waals surface area contributed by atoms with Gasteiger partial charge >= 0.3 is 0 Å². The standard InChI is InChI=1S/C23H23N3O3/c1-15(2)19-13-18(29-26-19)14-24-23(27)17-9-10-21-20(12-17)25-22(28-21)11-8-16-6-4-3-5-7-16/h3-7,9-10,12-13,15H,8,11,14H2,1-2H3,(H,24,27). The number of carbonyl (C=O) groups is 1. The lowest BCUT2D eigenvalue weighted by Crippen LogP contribution is -2.22. The second kappa shape index (κ2) is 8.31. The number of fused-ring (bicyclic) bond motifs is 1.